The average Bonchev–Trinajstić information content (AvgIpc) is 2.62. The molecule has 8 nitrogen and oxygen atoms in total. The fraction of sp³-hybridized carbons (Fsp3) is 0.235. The second-order valence-corrected chi connectivity index (χ2v) is 4.96. The van der Waals surface area contributed by atoms with Crippen LogP contribution >= 0.6 is 0 Å². The number of carboxylic acid groups (broad SMARTS) is 1. The molecule has 0 saturated carbocycles. The van der Waals surface area contributed by atoms with Crippen LogP contribution in [-0.4, -0.2) is 38.0 Å². The maximum Gasteiger partial charge on any atom is 0.387 e. The maximum atomic E-state index is 12.8. The number of hydrogen-bond acceptors (Lipinski definition) is 7. The van der Waals surface area contributed by atoms with E-state index < -0.39 is 35.5 Å². The second kappa shape index (κ2) is 8.77. The summed E-state index contributed by atoms with van der Waals surface area (Å²) in [7, 11) is 1.39. The van der Waals surface area contributed by atoms with E-state index in [1.807, 2.05) is 0 Å². The zero-order chi connectivity index (χ0) is 20.0. The minimum Gasteiger partial charge on any atom is -0.484 e. The topological polar surface area (TPSA) is 119 Å². The molecule has 2 aromatic rings. The predicted octanol–water partition coefficient (Wildman–Crippen LogP) is 2.50. The Labute approximate surface area is 151 Å². The number of hydrogen-bond donors (Lipinski definition) is 1. The summed E-state index contributed by atoms with van der Waals surface area (Å²) in [4.78, 5) is 23.4. The molecule has 0 aliphatic carbocycles. The summed E-state index contributed by atoms with van der Waals surface area (Å²) >= 11 is 0. The van der Waals surface area contributed by atoms with Crippen molar-refractivity contribution in [3.8, 4) is 28.7 Å². The zero-order valence-corrected chi connectivity index (χ0v) is 13.9. The molecule has 10 heteroatoms. The highest BCUT2D eigenvalue weighted by molar-refractivity contribution is 5.89. The average molecular weight is 381 g/mol. The molecule has 0 amide bonds. The van der Waals surface area contributed by atoms with Crippen molar-refractivity contribution < 1.29 is 37.3 Å². The first kappa shape index (κ1) is 19.9. The van der Waals surface area contributed by atoms with Crippen LogP contribution in [0.3, 0.4) is 0 Å². The molecule has 0 saturated heterocycles. The van der Waals surface area contributed by atoms with Crippen molar-refractivity contribution in [3.63, 3.8) is 0 Å². The molecule has 0 spiro atoms. The SMILES string of the molecule is COCCOc1c(-c2c(C#N)cccc2OC(F)F)cc(C(=O)O)oc1=O. The first-order valence-corrected chi connectivity index (χ1v) is 7.40. The number of carbonyl (C=O) groups is 1. The molecule has 0 unspecified atom stereocenters. The van der Waals surface area contributed by atoms with Crippen LogP contribution in [0.15, 0.2) is 33.5 Å². The quantitative estimate of drug-likeness (QED) is 0.693. The Morgan fingerprint density at radius 1 is 1.37 bits per heavy atom. The fourth-order valence-electron chi connectivity index (χ4n) is 2.23. The van der Waals surface area contributed by atoms with Gasteiger partial charge in [0.05, 0.1) is 18.2 Å². The largest absolute Gasteiger partial charge is 0.484 e. The molecule has 1 heterocycles. The third-order valence-corrected chi connectivity index (χ3v) is 3.28. The number of rotatable bonds is 8. The van der Waals surface area contributed by atoms with Crippen LogP contribution in [-0.2, 0) is 4.74 Å². The molecule has 0 atom stereocenters. The van der Waals surface area contributed by atoms with Gasteiger partial charge in [-0.1, -0.05) is 6.07 Å². The Hall–Kier alpha value is -3.45. The highest BCUT2D eigenvalue weighted by atomic mass is 19.3. The minimum absolute atomic E-state index is 0.0832. The standard InChI is InChI=1S/C17H13F2NO7/c1-24-5-6-25-14-10(7-12(15(21)22)26-16(14)23)13-9(8-20)3-2-4-11(13)27-17(18)19/h2-4,7,17H,5-6H2,1H3,(H,21,22). The van der Waals surface area contributed by atoms with Crippen molar-refractivity contribution >= 4 is 5.97 Å². The van der Waals surface area contributed by atoms with Crippen LogP contribution in [0.25, 0.3) is 11.1 Å². The van der Waals surface area contributed by atoms with Gasteiger partial charge < -0.3 is 23.7 Å². The van der Waals surface area contributed by atoms with Crippen molar-refractivity contribution in [2.24, 2.45) is 0 Å². The lowest BCUT2D eigenvalue weighted by Crippen LogP contribution is -2.15. The number of halogens is 2. The van der Waals surface area contributed by atoms with Gasteiger partial charge in [0.25, 0.3) is 0 Å². The van der Waals surface area contributed by atoms with Crippen molar-refractivity contribution in [2.75, 3.05) is 20.3 Å². The van der Waals surface area contributed by atoms with Gasteiger partial charge in [0.15, 0.2) is 0 Å². The van der Waals surface area contributed by atoms with E-state index in [2.05, 4.69) is 9.15 Å². The summed E-state index contributed by atoms with van der Waals surface area (Å²) < 4.78 is 44.7. The molecule has 0 radical (unpaired) electrons. The number of nitriles is 1. The molecule has 1 aromatic heterocycles. The van der Waals surface area contributed by atoms with Crippen molar-refractivity contribution in [1.29, 1.82) is 5.26 Å². The third-order valence-electron chi connectivity index (χ3n) is 3.28. The number of alkyl halides is 2. The molecular formula is C17H13F2NO7. The van der Waals surface area contributed by atoms with Crippen LogP contribution in [0.1, 0.15) is 16.1 Å². The summed E-state index contributed by atoms with van der Waals surface area (Å²) in [5, 5.41) is 18.4. The lowest BCUT2D eigenvalue weighted by molar-refractivity contribution is -0.0494. The lowest BCUT2D eigenvalue weighted by Gasteiger charge is -2.15. The van der Waals surface area contributed by atoms with E-state index in [4.69, 9.17) is 14.6 Å². The van der Waals surface area contributed by atoms with Crippen molar-refractivity contribution in [2.45, 2.75) is 6.61 Å². The summed E-state index contributed by atoms with van der Waals surface area (Å²) in [6, 6.07) is 6.43. The summed E-state index contributed by atoms with van der Waals surface area (Å²) in [5.41, 5.74) is -1.74. The lowest BCUT2D eigenvalue weighted by atomic mass is 9.98. The predicted molar refractivity (Wildman–Crippen MR) is 86.1 cm³/mol. The number of nitrogens with zero attached hydrogens (tertiary/aromatic N) is 1. The first-order valence-electron chi connectivity index (χ1n) is 7.40. The van der Waals surface area contributed by atoms with Gasteiger partial charge in [-0.05, 0) is 12.1 Å². The molecule has 1 aromatic carbocycles. The van der Waals surface area contributed by atoms with Gasteiger partial charge in [0, 0.05) is 24.3 Å². The van der Waals surface area contributed by atoms with Gasteiger partial charge in [-0.2, -0.15) is 14.0 Å². The minimum atomic E-state index is -3.21. The van der Waals surface area contributed by atoms with Crippen LogP contribution in [0, 0.1) is 11.3 Å². The van der Waals surface area contributed by atoms with Gasteiger partial charge in [0.1, 0.15) is 12.4 Å². The van der Waals surface area contributed by atoms with E-state index in [0.29, 0.717) is 0 Å². The van der Waals surface area contributed by atoms with Gasteiger partial charge in [-0.15, -0.1) is 0 Å². The number of benzene rings is 1. The van der Waals surface area contributed by atoms with Gasteiger partial charge in [-0.3, -0.25) is 0 Å². The van der Waals surface area contributed by atoms with E-state index in [9.17, 15) is 23.6 Å². The van der Waals surface area contributed by atoms with Crippen LogP contribution < -0.4 is 15.1 Å². The molecule has 0 fully saturated rings. The zero-order valence-electron chi connectivity index (χ0n) is 13.9. The molecule has 0 bridgehead atoms. The van der Waals surface area contributed by atoms with E-state index in [1.165, 1.54) is 19.2 Å². The van der Waals surface area contributed by atoms with Crippen LogP contribution in [0.5, 0.6) is 11.5 Å². The Bertz CT molecular complexity index is 934. The van der Waals surface area contributed by atoms with Crippen molar-refractivity contribution in [3.05, 3.63) is 46.0 Å². The number of aromatic carboxylic acids is 1. The highest BCUT2D eigenvalue weighted by Gasteiger charge is 2.24. The molecule has 0 aliphatic heterocycles. The highest BCUT2D eigenvalue weighted by Crippen LogP contribution is 2.38. The van der Waals surface area contributed by atoms with Crippen molar-refractivity contribution in [1.82, 2.24) is 0 Å². The molecule has 1 N–H and O–H groups in total. The smallest absolute Gasteiger partial charge is 0.387 e. The molecule has 2 rings (SSSR count). The third kappa shape index (κ3) is 4.59. The van der Waals surface area contributed by atoms with Gasteiger partial charge in [-0.25, -0.2) is 9.59 Å². The normalized spacial score (nSPS) is 10.5. The van der Waals surface area contributed by atoms with Crippen LogP contribution in [0.2, 0.25) is 0 Å². The molecule has 0 aliphatic rings. The number of methoxy groups -OCH3 is 1. The summed E-state index contributed by atoms with van der Waals surface area (Å²) in [5.74, 6) is -3.21. The van der Waals surface area contributed by atoms with E-state index in [0.717, 1.165) is 12.1 Å². The van der Waals surface area contributed by atoms with E-state index >= 15 is 0 Å². The molecule has 142 valence electrons. The van der Waals surface area contributed by atoms with E-state index in [1.54, 1.807) is 6.07 Å². The monoisotopic (exact) mass is 381 g/mol. The number of carboxylic acids is 1. The Kier molecular flexibility index (Phi) is 6.46. The molecule has 27 heavy (non-hydrogen) atoms. The summed E-state index contributed by atoms with van der Waals surface area (Å²) in [6.07, 6.45) is 0. The second-order valence-electron chi connectivity index (χ2n) is 4.96. The van der Waals surface area contributed by atoms with E-state index in [-0.39, 0.29) is 29.9 Å². The Morgan fingerprint density at radius 2 is 2.11 bits per heavy atom. The van der Waals surface area contributed by atoms with Gasteiger partial charge in [0.2, 0.25) is 11.5 Å². The Morgan fingerprint density at radius 3 is 2.70 bits per heavy atom. The van der Waals surface area contributed by atoms with Crippen LogP contribution in [0.4, 0.5) is 8.78 Å². The first-order chi connectivity index (χ1) is 12.9. The van der Waals surface area contributed by atoms with Gasteiger partial charge >= 0.3 is 18.2 Å². The number of ether oxygens (including phenoxy) is 3. The maximum absolute atomic E-state index is 12.8. The molecular weight excluding hydrogens is 368 g/mol. The fourth-order valence-corrected chi connectivity index (χ4v) is 2.23. The summed E-state index contributed by atoms with van der Waals surface area (Å²) in [6.45, 7) is -3.24. The Balaban J connectivity index is 2.77.